The van der Waals surface area contributed by atoms with E-state index in [2.05, 4.69) is 33.9 Å². The van der Waals surface area contributed by atoms with Crippen molar-refractivity contribution in [1.82, 2.24) is 15.0 Å². The molecule has 1 aromatic heterocycles. The third-order valence-electron chi connectivity index (χ3n) is 1.80. The van der Waals surface area contributed by atoms with E-state index in [1.807, 2.05) is 13.8 Å². The van der Waals surface area contributed by atoms with E-state index in [9.17, 15) is 0 Å². The van der Waals surface area contributed by atoms with Crippen LogP contribution in [0.4, 0.5) is 0 Å². The SMILES string of the molecule is CC(C)N=C(NN)c1snnc1C(C)C. The number of nitrogens with zero attached hydrogens (tertiary/aromatic N) is 3. The zero-order valence-corrected chi connectivity index (χ0v) is 10.3. The Morgan fingerprint density at radius 3 is 2.53 bits per heavy atom. The molecule has 15 heavy (non-hydrogen) atoms. The molecular formula is C9H17N5S. The van der Waals surface area contributed by atoms with E-state index in [4.69, 9.17) is 5.84 Å². The van der Waals surface area contributed by atoms with Gasteiger partial charge in [0.2, 0.25) is 0 Å². The number of aliphatic imine (C=N–C) groups is 1. The quantitative estimate of drug-likeness (QED) is 0.353. The molecule has 1 heterocycles. The van der Waals surface area contributed by atoms with Crippen LogP contribution in [0.2, 0.25) is 0 Å². The zero-order chi connectivity index (χ0) is 11.4. The second-order valence-corrected chi connectivity index (χ2v) is 4.61. The Morgan fingerprint density at radius 2 is 2.07 bits per heavy atom. The number of rotatable bonds is 3. The first-order valence-corrected chi connectivity index (χ1v) is 5.70. The highest BCUT2D eigenvalue weighted by Gasteiger charge is 2.16. The number of nitrogens with two attached hydrogens (primary N) is 1. The highest BCUT2D eigenvalue weighted by atomic mass is 32.1. The van der Waals surface area contributed by atoms with Crippen LogP contribution >= 0.6 is 11.5 Å². The first-order valence-electron chi connectivity index (χ1n) is 4.93. The summed E-state index contributed by atoms with van der Waals surface area (Å²) >= 11 is 1.32. The second-order valence-electron chi connectivity index (χ2n) is 3.86. The third-order valence-corrected chi connectivity index (χ3v) is 2.55. The average Bonchev–Trinajstić information content (AvgIpc) is 2.62. The van der Waals surface area contributed by atoms with Gasteiger partial charge in [-0.1, -0.05) is 18.3 Å². The molecule has 0 amide bonds. The molecule has 3 N–H and O–H groups in total. The minimum atomic E-state index is 0.193. The summed E-state index contributed by atoms with van der Waals surface area (Å²) in [7, 11) is 0. The van der Waals surface area contributed by atoms with Gasteiger partial charge in [0.05, 0.1) is 5.69 Å². The lowest BCUT2D eigenvalue weighted by Crippen LogP contribution is -2.32. The molecule has 0 bridgehead atoms. The molecule has 0 fully saturated rings. The molecule has 0 saturated heterocycles. The number of amidine groups is 1. The maximum absolute atomic E-state index is 5.45. The number of aromatic nitrogens is 2. The van der Waals surface area contributed by atoms with Crippen molar-refractivity contribution in [3.63, 3.8) is 0 Å². The number of hydrogen-bond donors (Lipinski definition) is 2. The van der Waals surface area contributed by atoms with Gasteiger partial charge in [0, 0.05) is 6.04 Å². The predicted octanol–water partition coefficient (Wildman–Crippen LogP) is 1.28. The van der Waals surface area contributed by atoms with Crippen LogP contribution in [-0.4, -0.2) is 21.5 Å². The van der Waals surface area contributed by atoms with Gasteiger partial charge in [0.1, 0.15) is 4.88 Å². The fourth-order valence-corrected chi connectivity index (χ4v) is 1.94. The minimum absolute atomic E-state index is 0.193. The lowest BCUT2D eigenvalue weighted by atomic mass is 10.1. The van der Waals surface area contributed by atoms with Gasteiger partial charge in [-0.05, 0) is 31.3 Å². The summed E-state index contributed by atoms with van der Waals surface area (Å²) in [5, 5.41) is 4.08. The van der Waals surface area contributed by atoms with Gasteiger partial charge in [-0.3, -0.25) is 4.99 Å². The summed E-state index contributed by atoms with van der Waals surface area (Å²) in [6.07, 6.45) is 0. The van der Waals surface area contributed by atoms with Gasteiger partial charge in [0.25, 0.3) is 0 Å². The van der Waals surface area contributed by atoms with Crippen molar-refractivity contribution in [3.05, 3.63) is 10.6 Å². The standard InChI is InChI=1S/C9H17N5S/c1-5(2)7-8(15-14-13-7)9(12-10)11-6(3)4/h5-6H,10H2,1-4H3,(H,11,12). The van der Waals surface area contributed by atoms with Gasteiger partial charge < -0.3 is 5.43 Å². The van der Waals surface area contributed by atoms with E-state index < -0.39 is 0 Å². The van der Waals surface area contributed by atoms with Gasteiger partial charge >= 0.3 is 0 Å². The number of nitrogens with one attached hydrogen (secondary N) is 1. The van der Waals surface area contributed by atoms with E-state index in [1.54, 1.807) is 0 Å². The molecule has 1 rings (SSSR count). The van der Waals surface area contributed by atoms with E-state index in [-0.39, 0.29) is 6.04 Å². The van der Waals surface area contributed by atoms with Gasteiger partial charge in [-0.2, -0.15) is 0 Å². The van der Waals surface area contributed by atoms with Crippen LogP contribution in [0.15, 0.2) is 4.99 Å². The molecule has 1 aromatic rings. The maximum Gasteiger partial charge on any atom is 0.156 e. The normalized spacial score (nSPS) is 12.6. The summed E-state index contributed by atoms with van der Waals surface area (Å²) in [4.78, 5) is 5.32. The summed E-state index contributed by atoms with van der Waals surface area (Å²) in [6.45, 7) is 8.15. The Morgan fingerprint density at radius 1 is 1.40 bits per heavy atom. The predicted molar refractivity (Wildman–Crippen MR) is 63.0 cm³/mol. The molecule has 0 spiro atoms. The zero-order valence-electron chi connectivity index (χ0n) is 9.48. The van der Waals surface area contributed by atoms with Crippen LogP contribution in [0.25, 0.3) is 0 Å². The monoisotopic (exact) mass is 227 g/mol. The Balaban J connectivity index is 3.07. The summed E-state index contributed by atoms with van der Waals surface area (Å²) in [6, 6.07) is 0.193. The maximum atomic E-state index is 5.45. The summed E-state index contributed by atoms with van der Waals surface area (Å²) in [5.41, 5.74) is 3.55. The van der Waals surface area contributed by atoms with Gasteiger partial charge in [-0.15, -0.1) is 5.10 Å². The molecule has 0 aliphatic carbocycles. The molecule has 0 radical (unpaired) electrons. The molecule has 0 atom stereocenters. The molecule has 0 saturated carbocycles. The smallest absolute Gasteiger partial charge is 0.156 e. The van der Waals surface area contributed by atoms with Crippen LogP contribution in [0, 0.1) is 0 Å². The largest absolute Gasteiger partial charge is 0.307 e. The minimum Gasteiger partial charge on any atom is -0.307 e. The summed E-state index contributed by atoms with van der Waals surface area (Å²) < 4.78 is 3.93. The molecule has 0 aromatic carbocycles. The van der Waals surface area contributed by atoms with Crippen molar-refractivity contribution in [2.45, 2.75) is 39.7 Å². The fourth-order valence-electron chi connectivity index (χ4n) is 1.16. The van der Waals surface area contributed by atoms with Crippen molar-refractivity contribution in [1.29, 1.82) is 0 Å². The lowest BCUT2D eigenvalue weighted by molar-refractivity contribution is 0.799. The first-order chi connectivity index (χ1) is 7.06. The van der Waals surface area contributed by atoms with Crippen LogP contribution in [0.1, 0.15) is 44.2 Å². The van der Waals surface area contributed by atoms with Crippen molar-refractivity contribution in [2.24, 2.45) is 10.8 Å². The average molecular weight is 227 g/mol. The van der Waals surface area contributed by atoms with Gasteiger partial charge in [0.15, 0.2) is 5.84 Å². The molecule has 5 nitrogen and oxygen atoms in total. The third kappa shape index (κ3) is 2.97. The molecule has 6 heteroatoms. The van der Waals surface area contributed by atoms with Crippen molar-refractivity contribution in [3.8, 4) is 0 Å². The van der Waals surface area contributed by atoms with E-state index >= 15 is 0 Å². The Labute approximate surface area is 93.9 Å². The van der Waals surface area contributed by atoms with Crippen LogP contribution < -0.4 is 11.3 Å². The van der Waals surface area contributed by atoms with Crippen LogP contribution in [0.5, 0.6) is 0 Å². The van der Waals surface area contributed by atoms with E-state index in [1.165, 1.54) is 11.5 Å². The molecule has 0 aliphatic rings. The van der Waals surface area contributed by atoms with E-state index in [0.717, 1.165) is 10.6 Å². The molecule has 0 unspecified atom stereocenters. The van der Waals surface area contributed by atoms with E-state index in [0.29, 0.717) is 11.8 Å². The Kier molecular flexibility index (Phi) is 4.16. The molecule has 0 aliphatic heterocycles. The van der Waals surface area contributed by atoms with Crippen molar-refractivity contribution in [2.75, 3.05) is 0 Å². The molecular weight excluding hydrogens is 210 g/mol. The lowest BCUT2D eigenvalue weighted by Gasteiger charge is -2.08. The van der Waals surface area contributed by atoms with Gasteiger partial charge in [-0.25, -0.2) is 5.84 Å². The fraction of sp³-hybridized carbons (Fsp3) is 0.667. The van der Waals surface area contributed by atoms with Crippen molar-refractivity contribution < 1.29 is 0 Å². The number of hydrazine groups is 1. The van der Waals surface area contributed by atoms with Crippen LogP contribution in [-0.2, 0) is 0 Å². The topological polar surface area (TPSA) is 76.2 Å². The highest BCUT2D eigenvalue weighted by Crippen LogP contribution is 2.19. The summed E-state index contributed by atoms with van der Waals surface area (Å²) in [5.74, 6) is 6.45. The molecule has 84 valence electrons. The Hall–Kier alpha value is -1.01. The first kappa shape index (κ1) is 12.1. The Bertz CT molecular complexity index is 342. The highest BCUT2D eigenvalue weighted by molar-refractivity contribution is 7.08. The van der Waals surface area contributed by atoms with Crippen molar-refractivity contribution >= 4 is 17.4 Å². The van der Waals surface area contributed by atoms with Crippen LogP contribution in [0.3, 0.4) is 0 Å². The number of hydrogen-bond acceptors (Lipinski definition) is 5. The second kappa shape index (κ2) is 5.18.